The molecule has 0 spiro atoms. The molecule has 5 N–H and O–H groups in total. The maximum absolute atomic E-state index is 13.1. The summed E-state index contributed by atoms with van der Waals surface area (Å²) in [5, 5.41) is 41.4. The van der Waals surface area contributed by atoms with Gasteiger partial charge in [-0.05, 0) is 24.1 Å². The number of nitrogens with one attached hydrogen (secondary N) is 1. The van der Waals surface area contributed by atoms with Gasteiger partial charge < -0.3 is 35.2 Å². The molecule has 0 aromatic heterocycles. The Balaban J connectivity index is 1.85. The van der Waals surface area contributed by atoms with Gasteiger partial charge in [-0.2, -0.15) is 0 Å². The Morgan fingerprint density at radius 1 is 1.23 bits per heavy atom. The smallest absolute Gasteiger partial charge is 0.342 e. The number of rotatable bonds is 9. The fraction of sp³-hybridized carbons (Fsp3) is 0.375. The van der Waals surface area contributed by atoms with Crippen LogP contribution in [0.2, 0.25) is 5.02 Å². The fourth-order valence-electron chi connectivity index (χ4n) is 3.62. The number of phenols is 1. The Hall–Kier alpha value is -3.18. The van der Waals surface area contributed by atoms with Crippen molar-refractivity contribution in [2.75, 3.05) is 13.2 Å². The maximum Gasteiger partial charge on any atom is 0.342 e. The zero-order valence-electron chi connectivity index (χ0n) is 18.8. The Morgan fingerprint density at radius 3 is 2.57 bits per heavy atom. The second kappa shape index (κ2) is 11.5. The molecule has 35 heavy (non-hydrogen) atoms. The second-order valence-electron chi connectivity index (χ2n) is 8.19. The summed E-state index contributed by atoms with van der Waals surface area (Å²) >= 11 is 6.29. The van der Waals surface area contributed by atoms with Crippen LogP contribution in [0.3, 0.4) is 0 Å². The van der Waals surface area contributed by atoms with E-state index in [4.69, 9.17) is 26.2 Å². The number of amides is 1. The Morgan fingerprint density at radius 2 is 1.91 bits per heavy atom. The van der Waals surface area contributed by atoms with Gasteiger partial charge in [0.25, 0.3) is 5.91 Å². The predicted octanol–water partition coefficient (Wildman–Crippen LogP) is 0.745. The minimum absolute atomic E-state index is 0.00303. The van der Waals surface area contributed by atoms with Crippen LogP contribution in [-0.4, -0.2) is 75.8 Å². The van der Waals surface area contributed by atoms with Crippen molar-refractivity contribution in [3.63, 3.8) is 0 Å². The molecule has 1 aliphatic heterocycles. The van der Waals surface area contributed by atoms with Crippen LogP contribution in [0.25, 0.3) is 0 Å². The number of hydrogen-bond donors (Lipinski definition) is 5. The van der Waals surface area contributed by atoms with Crippen molar-refractivity contribution in [3.05, 3.63) is 63.7 Å². The SMILES string of the molecule is C[C@H]1Cc2c(Cl)cc(C(=O)N[C@H](Cc3ccccc3)C(=O)OCC(O)C(O)CO)c(O)c2C(=O)O1. The number of aliphatic hydroxyl groups is 3. The zero-order valence-corrected chi connectivity index (χ0v) is 19.6. The van der Waals surface area contributed by atoms with Crippen LogP contribution >= 0.6 is 11.6 Å². The highest BCUT2D eigenvalue weighted by Crippen LogP contribution is 2.36. The highest BCUT2D eigenvalue weighted by molar-refractivity contribution is 6.32. The molecule has 2 unspecified atom stereocenters. The Labute approximate surface area is 206 Å². The van der Waals surface area contributed by atoms with Crippen molar-refractivity contribution < 1.29 is 44.3 Å². The van der Waals surface area contributed by atoms with E-state index in [0.29, 0.717) is 11.1 Å². The quantitative estimate of drug-likeness (QED) is 0.308. The maximum atomic E-state index is 13.1. The second-order valence-corrected chi connectivity index (χ2v) is 8.60. The number of cyclic esters (lactones) is 1. The first kappa shape index (κ1) is 26.4. The zero-order chi connectivity index (χ0) is 25.7. The molecule has 1 amide bonds. The van der Waals surface area contributed by atoms with E-state index in [1.54, 1.807) is 37.3 Å². The minimum atomic E-state index is -1.53. The molecule has 3 rings (SSSR count). The third kappa shape index (κ3) is 6.29. The normalized spacial score (nSPS) is 17.5. The molecule has 2 aromatic carbocycles. The predicted molar refractivity (Wildman–Crippen MR) is 123 cm³/mol. The summed E-state index contributed by atoms with van der Waals surface area (Å²) in [6.07, 6.45) is -3.23. The molecule has 0 saturated heterocycles. The third-order valence-corrected chi connectivity index (χ3v) is 5.84. The summed E-state index contributed by atoms with van der Waals surface area (Å²) in [7, 11) is 0. The molecular weight excluding hydrogens is 482 g/mol. The van der Waals surface area contributed by atoms with Gasteiger partial charge in [-0.3, -0.25) is 4.79 Å². The summed E-state index contributed by atoms with van der Waals surface area (Å²) in [6, 6.07) is 8.65. The van der Waals surface area contributed by atoms with E-state index >= 15 is 0 Å². The van der Waals surface area contributed by atoms with Gasteiger partial charge >= 0.3 is 11.9 Å². The molecule has 0 aliphatic carbocycles. The lowest BCUT2D eigenvalue weighted by atomic mass is 9.95. The summed E-state index contributed by atoms with van der Waals surface area (Å²) in [6.45, 7) is 0.315. The van der Waals surface area contributed by atoms with Crippen LogP contribution in [0.4, 0.5) is 0 Å². The first-order chi connectivity index (χ1) is 16.6. The molecule has 0 fully saturated rings. The number of aliphatic hydroxyl groups excluding tert-OH is 3. The van der Waals surface area contributed by atoms with E-state index in [9.17, 15) is 29.7 Å². The molecular formula is C24H26ClNO9. The van der Waals surface area contributed by atoms with Gasteiger partial charge in [0.15, 0.2) is 0 Å². The highest BCUT2D eigenvalue weighted by Gasteiger charge is 2.33. The lowest BCUT2D eigenvalue weighted by Gasteiger charge is -2.25. The summed E-state index contributed by atoms with van der Waals surface area (Å²) in [4.78, 5) is 38.1. The van der Waals surface area contributed by atoms with E-state index in [1.165, 1.54) is 6.07 Å². The molecule has 1 aliphatic rings. The largest absolute Gasteiger partial charge is 0.506 e. The standard InChI is InChI=1S/C24H26ClNO9/c1-12-7-14-16(25)9-15(21(30)20(14)24(33)35-12)22(31)26-17(8-13-5-3-2-4-6-13)23(32)34-11-19(29)18(28)10-27/h2-6,9,12,17-19,27-30H,7-8,10-11H2,1H3,(H,26,31)/t12-,17+,18?,19?/m0/s1. The molecule has 188 valence electrons. The van der Waals surface area contributed by atoms with Gasteiger partial charge in [0, 0.05) is 17.9 Å². The molecule has 0 saturated carbocycles. The summed E-state index contributed by atoms with van der Waals surface area (Å²) in [5.74, 6) is -3.26. The van der Waals surface area contributed by atoms with Crippen LogP contribution in [0.15, 0.2) is 36.4 Å². The summed E-state index contributed by atoms with van der Waals surface area (Å²) < 4.78 is 10.2. The number of carbonyl (C=O) groups excluding carboxylic acids is 3. The third-order valence-electron chi connectivity index (χ3n) is 5.50. The number of ether oxygens (including phenoxy) is 2. The van der Waals surface area contributed by atoms with Gasteiger partial charge in [0.2, 0.25) is 0 Å². The highest BCUT2D eigenvalue weighted by atomic mass is 35.5. The number of carbonyl (C=O) groups is 3. The first-order valence-corrected chi connectivity index (χ1v) is 11.2. The minimum Gasteiger partial charge on any atom is -0.506 e. The number of fused-ring (bicyclic) bond motifs is 1. The lowest BCUT2D eigenvalue weighted by molar-refractivity contribution is -0.152. The van der Waals surface area contributed by atoms with Gasteiger partial charge in [-0.15, -0.1) is 0 Å². The first-order valence-electron chi connectivity index (χ1n) is 10.9. The van der Waals surface area contributed by atoms with Crippen LogP contribution in [-0.2, 0) is 27.1 Å². The van der Waals surface area contributed by atoms with E-state index in [0.717, 1.165) is 0 Å². The Bertz CT molecular complexity index is 1090. The Kier molecular flexibility index (Phi) is 8.68. The van der Waals surface area contributed by atoms with E-state index in [-0.39, 0.29) is 29.0 Å². The molecule has 0 bridgehead atoms. The van der Waals surface area contributed by atoms with Crippen molar-refractivity contribution in [2.24, 2.45) is 0 Å². The number of phenolic OH excluding ortho intramolecular Hbond substituents is 1. The van der Waals surface area contributed by atoms with Gasteiger partial charge in [0.05, 0.1) is 12.2 Å². The van der Waals surface area contributed by atoms with Crippen LogP contribution in [0.1, 0.15) is 38.8 Å². The number of benzene rings is 2. The molecule has 0 radical (unpaired) electrons. The average molecular weight is 508 g/mol. The summed E-state index contributed by atoms with van der Waals surface area (Å²) in [5.41, 5.74) is 0.503. The monoisotopic (exact) mass is 507 g/mol. The molecule has 11 heteroatoms. The lowest BCUT2D eigenvalue weighted by Crippen LogP contribution is -2.45. The molecule has 10 nitrogen and oxygen atoms in total. The van der Waals surface area contributed by atoms with E-state index in [1.807, 2.05) is 0 Å². The molecule has 2 aromatic rings. The van der Waals surface area contributed by atoms with Crippen molar-refractivity contribution in [1.29, 1.82) is 0 Å². The van der Waals surface area contributed by atoms with Crippen LogP contribution in [0.5, 0.6) is 5.75 Å². The number of aromatic hydroxyl groups is 1. The van der Waals surface area contributed by atoms with Crippen molar-refractivity contribution in [3.8, 4) is 5.75 Å². The van der Waals surface area contributed by atoms with Gasteiger partial charge in [-0.1, -0.05) is 41.9 Å². The van der Waals surface area contributed by atoms with E-state index in [2.05, 4.69) is 5.32 Å². The number of halogens is 1. The van der Waals surface area contributed by atoms with Crippen molar-refractivity contribution in [2.45, 2.75) is 44.1 Å². The topological polar surface area (TPSA) is 163 Å². The van der Waals surface area contributed by atoms with Gasteiger partial charge in [0.1, 0.15) is 42.3 Å². The molecule has 1 heterocycles. The number of hydrogen-bond acceptors (Lipinski definition) is 9. The fourth-order valence-corrected chi connectivity index (χ4v) is 3.90. The van der Waals surface area contributed by atoms with Crippen molar-refractivity contribution in [1.82, 2.24) is 5.32 Å². The molecule has 4 atom stereocenters. The van der Waals surface area contributed by atoms with Gasteiger partial charge in [-0.25, -0.2) is 9.59 Å². The number of esters is 2. The van der Waals surface area contributed by atoms with Crippen molar-refractivity contribution >= 4 is 29.4 Å². The van der Waals surface area contributed by atoms with E-state index < -0.39 is 61.2 Å². The van der Waals surface area contributed by atoms with Crippen LogP contribution < -0.4 is 5.32 Å². The average Bonchev–Trinajstić information content (AvgIpc) is 2.83. The van der Waals surface area contributed by atoms with Crippen LogP contribution in [0, 0.1) is 0 Å².